The number of hydrogen-bond acceptors (Lipinski definition) is 4. The molecule has 1 aromatic rings. The quantitative estimate of drug-likeness (QED) is 0.713. The Bertz CT molecular complexity index is 521. The topological polar surface area (TPSA) is 49.4 Å². The molecule has 0 saturated heterocycles. The zero-order chi connectivity index (χ0) is 15.2. The van der Waals surface area contributed by atoms with E-state index in [4.69, 9.17) is 0 Å². The summed E-state index contributed by atoms with van der Waals surface area (Å²) in [5, 5.41) is 5.01. The van der Waals surface area contributed by atoms with E-state index in [1.54, 1.807) is 17.5 Å². The van der Waals surface area contributed by atoms with Crippen LogP contribution in [0.5, 0.6) is 0 Å². The third-order valence-electron chi connectivity index (χ3n) is 2.76. The molecule has 0 amide bonds. The molecule has 0 spiro atoms. The second-order valence-corrected chi connectivity index (χ2v) is 7.87. The fourth-order valence-electron chi connectivity index (χ4n) is 1.75. The lowest BCUT2D eigenvalue weighted by atomic mass is 10.4. The predicted molar refractivity (Wildman–Crippen MR) is 85.5 cm³/mol. The van der Waals surface area contributed by atoms with Crippen LogP contribution in [0.3, 0.4) is 0 Å². The van der Waals surface area contributed by atoms with Gasteiger partial charge in [-0.2, -0.15) is 4.31 Å². The molecule has 0 bridgehead atoms. The van der Waals surface area contributed by atoms with Crippen LogP contribution in [0.1, 0.15) is 32.1 Å². The molecule has 4 nitrogen and oxygen atoms in total. The van der Waals surface area contributed by atoms with Gasteiger partial charge in [0.25, 0.3) is 0 Å². The molecule has 20 heavy (non-hydrogen) atoms. The Labute approximate surface area is 126 Å². The lowest BCUT2D eigenvalue weighted by molar-refractivity contribution is 0.441. The van der Waals surface area contributed by atoms with E-state index < -0.39 is 10.0 Å². The summed E-state index contributed by atoms with van der Waals surface area (Å²) >= 11 is 1.48. The lowest BCUT2D eigenvalue weighted by Crippen LogP contribution is -2.31. The van der Waals surface area contributed by atoms with Gasteiger partial charge in [0.2, 0.25) is 10.0 Å². The highest BCUT2D eigenvalue weighted by atomic mass is 32.2. The summed E-state index contributed by atoms with van der Waals surface area (Å²) in [6, 6.07) is 2.15. The number of nitrogens with zero attached hydrogens (tertiary/aromatic N) is 1. The maximum absolute atomic E-state index is 12.5. The van der Waals surface area contributed by atoms with Crippen molar-refractivity contribution < 1.29 is 8.42 Å². The molecule has 0 radical (unpaired) electrons. The largest absolute Gasteiger partial charge is 0.310 e. The molecule has 1 rings (SSSR count). The van der Waals surface area contributed by atoms with Crippen molar-refractivity contribution in [3.05, 3.63) is 29.0 Å². The smallest absolute Gasteiger partial charge is 0.244 e. The molecule has 0 saturated carbocycles. The molecule has 0 fully saturated rings. The van der Waals surface area contributed by atoms with Crippen molar-refractivity contribution in [2.75, 3.05) is 13.1 Å². The number of rotatable bonds is 9. The maximum atomic E-state index is 12.5. The molecule has 6 heteroatoms. The van der Waals surface area contributed by atoms with Crippen molar-refractivity contribution in [2.45, 2.75) is 44.7 Å². The molecule has 0 aliphatic rings. The second-order valence-electron chi connectivity index (χ2n) is 4.94. The van der Waals surface area contributed by atoms with Crippen LogP contribution in [0.2, 0.25) is 0 Å². The number of thiophene rings is 1. The molecular weight excluding hydrogens is 292 g/mol. The van der Waals surface area contributed by atoms with E-state index in [1.165, 1.54) is 15.6 Å². The van der Waals surface area contributed by atoms with Crippen molar-refractivity contribution in [3.8, 4) is 0 Å². The Morgan fingerprint density at radius 2 is 2.20 bits per heavy atom. The Morgan fingerprint density at radius 3 is 2.75 bits per heavy atom. The maximum Gasteiger partial charge on any atom is 0.244 e. The third kappa shape index (κ3) is 4.70. The molecule has 0 aliphatic carbocycles. The van der Waals surface area contributed by atoms with Crippen LogP contribution >= 0.6 is 11.3 Å². The lowest BCUT2D eigenvalue weighted by Gasteiger charge is -2.19. The molecule has 1 heterocycles. The minimum Gasteiger partial charge on any atom is -0.310 e. The van der Waals surface area contributed by atoms with Crippen LogP contribution < -0.4 is 5.32 Å². The average molecular weight is 316 g/mol. The summed E-state index contributed by atoms with van der Waals surface area (Å²) in [5.41, 5.74) is 0. The first-order chi connectivity index (χ1) is 9.41. The highest BCUT2D eigenvalue weighted by Gasteiger charge is 2.23. The molecule has 0 aromatic carbocycles. The molecule has 114 valence electrons. The van der Waals surface area contributed by atoms with E-state index in [-0.39, 0.29) is 0 Å². The van der Waals surface area contributed by atoms with Crippen LogP contribution in [0, 0.1) is 0 Å². The minimum atomic E-state index is -3.40. The molecular formula is C14H24N2O2S2. The first-order valence-corrected chi connectivity index (χ1v) is 9.15. The number of hydrogen-bond donors (Lipinski definition) is 1. The summed E-state index contributed by atoms with van der Waals surface area (Å²) in [7, 11) is -3.40. The van der Waals surface area contributed by atoms with Gasteiger partial charge in [-0.05, 0) is 12.5 Å². The fraction of sp³-hybridized carbons (Fsp3) is 0.571. The third-order valence-corrected chi connectivity index (χ3v) is 5.69. The first-order valence-electron chi connectivity index (χ1n) is 6.83. The van der Waals surface area contributed by atoms with E-state index in [1.807, 2.05) is 6.92 Å². The first kappa shape index (κ1) is 17.4. The van der Waals surface area contributed by atoms with Gasteiger partial charge in [-0.15, -0.1) is 17.9 Å². The Hall–Kier alpha value is -0.690. The van der Waals surface area contributed by atoms with Crippen LogP contribution in [0.25, 0.3) is 0 Å². The molecule has 1 aromatic heterocycles. The normalized spacial score (nSPS) is 12.2. The summed E-state index contributed by atoms with van der Waals surface area (Å²) in [6.07, 6.45) is 2.42. The van der Waals surface area contributed by atoms with Crippen molar-refractivity contribution in [1.82, 2.24) is 9.62 Å². The van der Waals surface area contributed by atoms with Crippen molar-refractivity contribution in [3.63, 3.8) is 0 Å². The fourth-order valence-corrected chi connectivity index (χ4v) is 4.46. The van der Waals surface area contributed by atoms with Gasteiger partial charge in [-0.25, -0.2) is 8.42 Å². The van der Waals surface area contributed by atoms with E-state index in [9.17, 15) is 8.42 Å². The van der Waals surface area contributed by atoms with Gasteiger partial charge < -0.3 is 5.32 Å². The molecule has 1 N–H and O–H groups in total. The van der Waals surface area contributed by atoms with Crippen LogP contribution in [-0.4, -0.2) is 31.9 Å². The average Bonchev–Trinajstić information content (AvgIpc) is 2.85. The zero-order valence-corrected chi connectivity index (χ0v) is 14.1. The van der Waals surface area contributed by atoms with Crippen LogP contribution in [-0.2, 0) is 16.6 Å². The van der Waals surface area contributed by atoms with Gasteiger partial charge >= 0.3 is 0 Å². The van der Waals surface area contributed by atoms with Gasteiger partial charge in [0, 0.05) is 35.9 Å². The van der Waals surface area contributed by atoms with Crippen LogP contribution in [0.4, 0.5) is 0 Å². The number of sulfonamides is 1. The second kappa shape index (κ2) is 7.93. The van der Waals surface area contributed by atoms with Gasteiger partial charge in [-0.1, -0.05) is 26.8 Å². The predicted octanol–water partition coefficient (Wildman–Crippen LogP) is 2.83. The van der Waals surface area contributed by atoms with E-state index in [2.05, 4.69) is 25.7 Å². The molecule has 0 atom stereocenters. The Morgan fingerprint density at radius 1 is 1.50 bits per heavy atom. The summed E-state index contributed by atoms with van der Waals surface area (Å²) in [5.74, 6) is 0. The monoisotopic (exact) mass is 316 g/mol. The summed E-state index contributed by atoms with van der Waals surface area (Å²) < 4.78 is 26.5. The number of nitrogens with one attached hydrogen (secondary N) is 1. The minimum absolute atomic E-state index is 0.353. The van der Waals surface area contributed by atoms with Gasteiger partial charge in [0.05, 0.1) is 4.90 Å². The molecule has 0 unspecified atom stereocenters. The van der Waals surface area contributed by atoms with Crippen molar-refractivity contribution in [1.29, 1.82) is 0 Å². The van der Waals surface area contributed by atoms with E-state index >= 15 is 0 Å². The zero-order valence-electron chi connectivity index (χ0n) is 12.4. The van der Waals surface area contributed by atoms with Gasteiger partial charge in [0.1, 0.15) is 0 Å². The highest BCUT2D eigenvalue weighted by molar-refractivity contribution is 7.89. The SMILES string of the molecule is C=CCN(CCC)S(=O)(=O)c1csc(CNC(C)C)c1. The van der Waals surface area contributed by atoms with Gasteiger partial charge in [0.15, 0.2) is 0 Å². The van der Waals surface area contributed by atoms with Crippen molar-refractivity contribution >= 4 is 21.4 Å². The van der Waals surface area contributed by atoms with Crippen LogP contribution in [0.15, 0.2) is 29.0 Å². The Kier molecular flexibility index (Phi) is 6.88. The van der Waals surface area contributed by atoms with Crippen molar-refractivity contribution in [2.24, 2.45) is 0 Å². The Balaban J connectivity index is 2.88. The summed E-state index contributed by atoms with van der Waals surface area (Å²) in [6.45, 7) is 11.3. The summed E-state index contributed by atoms with van der Waals surface area (Å²) in [4.78, 5) is 1.42. The van der Waals surface area contributed by atoms with E-state index in [0.717, 1.165) is 11.3 Å². The standard InChI is InChI=1S/C14H24N2O2S2/c1-5-7-16(8-6-2)20(17,18)14-9-13(19-11-14)10-15-12(3)4/h5,9,11-12,15H,1,6-8,10H2,2-4H3. The van der Waals surface area contributed by atoms with E-state index in [0.29, 0.717) is 30.6 Å². The van der Waals surface area contributed by atoms with Gasteiger partial charge in [-0.3, -0.25) is 0 Å². The highest BCUT2D eigenvalue weighted by Crippen LogP contribution is 2.23. The molecule has 0 aliphatic heterocycles.